The monoisotopic (exact) mass is 483 g/mol. The Hall–Kier alpha value is -3.13. The molecule has 0 spiro atoms. The summed E-state index contributed by atoms with van der Waals surface area (Å²) in [4.78, 5) is 47.9. The highest BCUT2D eigenvalue weighted by molar-refractivity contribution is 6.31. The van der Waals surface area contributed by atoms with Gasteiger partial charge in [-0.3, -0.25) is 14.5 Å². The maximum atomic E-state index is 13.7. The van der Waals surface area contributed by atoms with Gasteiger partial charge in [0.05, 0.1) is 23.6 Å². The number of amides is 4. The van der Waals surface area contributed by atoms with Crippen molar-refractivity contribution in [1.82, 2.24) is 14.8 Å². The molecule has 2 aliphatic rings. The van der Waals surface area contributed by atoms with Crippen LogP contribution in [0.2, 0.25) is 5.02 Å². The van der Waals surface area contributed by atoms with Crippen molar-refractivity contribution >= 4 is 46.6 Å². The maximum absolute atomic E-state index is 13.7. The Morgan fingerprint density at radius 2 is 1.94 bits per heavy atom. The zero-order valence-electron chi connectivity index (χ0n) is 19.8. The van der Waals surface area contributed by atoms with E-state index in [1.54, 1.807) is 30.0 Å². The molecule has 1 atom stereocenters. The van der Waals surface area contributed by atoms with Crippen molar-refractivity contribution in [3.05, 3.63) is 47.1 Å². The molecule has 4 rings (SSSR count). The number of carbonyl (C=O) groups excluding carboxylic acids is 3. The molecular weight excluding hydrogens is 454 g/mol. The van der Waals surface area contributed by atoms with Gasteiger partial charge in [0.25, 0.3) is 0 Å². The Balaban J connectivity index is 1.68. The van der Waals surface area contributed by atoms with Crippen LogP contribution in [0.5, 0.6) is 0 Å². The van der Waals surface area contributed by atoms with Crippen molar-refractivity contribution in [2.24, 2.45) is 5.92 Å². The number of urea groups is 1. The lowest BCUT2D eigenvalue weighted by atomic mass is 10.0. The van der Waals surface area contributed by atoms with Crippen LogP contribution >= 0.6 is 11.6 Å². The van der Waals surface area contributed by atoms with Crippen molar-refractivity contribution in [3.8, 4) is 0 Å². The summed E-state index contributed by atoms with van der Waals surface area (Å²) < 4.78 is 0. The second-order valence-corrected chi connectivity index (χ2v) is 9.36. The zero-order valence-corrected chi connectivity index (χ0v) is 20.5. The predicted octanol–water partition coefficient (Wildman–Crippen LogP) is 4.80. The molecule has 3 heterocycles. The Bertz CT molecular complexity index is 1100. The Labute approximate surface area is 204 Å². The average molecular weight is 484 g/mol. The molecule has 180 valence electrons. The molecule has 0 unspecified atom stereocenters. The lowest BCUT2D eigenvalue weighted by molar-refractivity contribution is -0.130. The van der Waals surface area contributed by atoms with Crippen LogP contribution in [0.1, 0.15) is 45.7 Å². The number of nitrogens with zero attached hydrogens (tertiary/aromatic N) is 4. The molecule has 1 N–H and O–H groups in total. The van der Waals surface area contributed by atoms with E-state index >= 15 is 0 Å². The number of nitrogens with one attached hydrogen (secondary N) is 1. The number of piperidine rings is 1. The number of hydrogen-bond donors (Lipinski definition) is 1. The minimum Gasteiger partial charge on any atom is -0.343 e. The van der Waals surface area contributed by atoms with Gasteiger partial charge >= 0.3 is 6.03 Å². The van der Waals surface area contributed by atoms with E-state index in [1.807, 2.05) is 41.8 Å². The molecule has 0 aliphatic carbocycles. The minimum atomic E-state index is -0.144. The van der Waals surface area contributed by atoms with Gasteiger partial charge in [-0.25, -0.2) is 9.78 Å². The quantitative estimate of drug-likeness (QED) is 0.661. The highest BCUT2D eigenvalue weighted by atomic mass is 35.5. The van der Waals surface area contributed by atoms with E-state index in [0.29, 0.717) is 60.4 Å². The molecule has 4 amide bonds. The molecule has 8 nitrogen and oxygen atoms in total. The number of likely N-dealkylation sites (tertiary alicyclic amines) is 1. The standard InChI is InChI=1S/C25H30ClN5O3/c1-4-16(2)24(33)28-23-9-8-22-21(27-23)15-30(19-10-12-29(13-11-19)17(3)32)25(34)31(22)20-7-5-6-18(26)14-20/h5-9,14,16,19H,4,10-13,15H2,1-3H3,(H,27,28,33)/t16-/m1/s1. The van der Waals surface area contributed by atoms with Crippen LogP contribution in [0, 0.1) is 5.92 Å². The van der Waals surface area contributed by atoms with Gasteiger partial charge in [0.2, 0.25) is 11.8 Å². The predicted molar refractivity (Wildman–Crippen MR) is 132 cm³/mol. The molecule has 1 fully saturated rings. The van der Waals surface area contributed by atoms with E-state index in [4.69, 9.17) is 16.6 Å². The third-order valence-corrected chi connectivity index (χ3v) is 6.91. The number of carbonyl (C=O) groups is 3. The molecular formula is C25H30ClN5O3. The van der Waals surface area contributed by atoms with Crippen LogP contribution < -0.4 is 10.2 Å². The first kappa shape index (κ1) is 24.0. The van der Waals surface area contributed by atoms with Gasteiger partial charge in [0.15, 0.2) is 0 Å². The van der Waals surface area contributed by atoms with Crippen molar-refractivity contribution < 1.29 is 14.4 Å². The number of fused-ring (bicyclic) bond motifs is 1. The van der Waals surface area contributed by atoms with Gasteiger partial charge < -0.3 is 15.1 Å². The topological polar surface area (TPSA) is 85.9 Å². The van der Waals surface area contributed by atoms with E-state index in [0.717, 1.165) is 6.42 Å². The number of rotatable bonds is 5. The number of aromatic nitrogens is 1. The Kier molecular flexibility index (Phi) is 7.07. The van der Waals surface area contributed by atoms with Gasteiger partial charge in [-0.2, -0.15) is 0 Å². The van der Waals surface area contributed by atoms with Crippen molar-refractivity contribution in [2.75, 3.05) is 23.3 Å². The molecule has 9 heteroatoms. The third kappa shape index (κ3) is 4.87. The van der Waals surface area contributed by atoms with Gasteiger partial charge in [0, 0.05) is 37.0 Å². The fraction of sp³-hybridized carbons (Fsp3) is 0.440. The summed E-state index contributed by atoms with van der Waals surface area (Å²) in [6, 6.07) is 10.6. The van der Waals surface area contributed by atoms with Crippen LogP contribution in [0.25, 0.3) is 0 Å². The first-order valence-electron chi connectivity index (χ1n) is 11.7. The number of pyridine rings is 1. The maximum Gasteiger partial charge on any atom is 0.329 e. The molecule has 0 radical (unpaired) electrons. The van der Waals surface area contributed by atoms with E-state index in [1.165, 1.54) is 0 Å². The molecule has 1 aromatic carbocycles. The second kappa shape index (κ2) is 10.0. The number of halogens is 1. The summed E-state index contributed by atoms with van der Waals surface area (Å²) in [7, 11) is 0. The molecule has 0 saturated carbocycles. The van der Waals surface area contributed by atoms with E-state index in [2.05, 4.69) is 5.32 Å². The fourth-order valence-corrected chi connectivity index (χ4v) is 4.61. The fourth-order valence-electron chi connectivity index (χ4n) is 4.42. The minimum absolute atomic E-state index is 0.0157. The number of hydrogen-bond acceptors (Lipinski definition) is 4. The highest BCUT2D eigenvalue weighted by Crippen LogP contribution is 2.37. The van der Waals surface area contributed by atoms with Gasteiger partial charge in [0.1, 0.15) is 5.82 Å². The molecule has 1 saturated heterocycles. The summed E-state index contributed by atoms with van der Waals surface area (Å²) >= 11 is 6.24. The zero-order chi connectivity index (χ0) is 24.4. The number of anilines is 3. The molecule has 2 aromatic rings. The van der Waals surface area contributed by atoms with Crippen molar-refractivity contribution in [3.63, 3.8) is 0 Å². The average Bonchev–Trinajstić information content (AvgIpc) is 2.83. The molecule has 34 heavy (non-hydrogen) atoms. The SMILES string of the molecule is CC[C@@H](C)C(=O)Nc1ccc2c(n1)CN(C1CCN(C(C)=O)CC1)C(=O)N2c1cccc(Cl)c1. The Morgan fingerprint density at radius 1 is 1.21 bits per heavy atom. The normalized spacial score (nSPS) is 17.4. The lowest BCUT2D eigenvalue weighted by Crippen LogP contribution is -2.53. The lowest BCUT2D eigenvalue weighted by Gasteiger charge is -2.43. The first-order valence-corrected chi connectivity index (χ1v) is 12.1. The van der Waals surface area contributed by atoms with E-state index in [9.17, 15) is 14.4 Å². The first-order chi connectivity index (χ1) is 16.3. The molecule has 0 bridgehead atoms. The highest BCUT2D eigenvalue weighted by Gasteiger charge is 2.38. The van der Waals surface area contributed by atoms with Crippen molar-refractivity contribution in [2.45, 2.75) is 52.6 Å². The summed E-state index contributed by atoms with van der Waals surface area (Å²) in [5, 5.41) is 3.42. The van der Waals surface area contributed by atoms with Crippen LogP contribution in [0.15, 0.2) is 36.4 Å². The molecule has 1 aromatic heterocycles. The summed E-state index contributed by atoms with van der Waals surface area (Å²) in [5.74, 6) is 0.320. The largest absolute Gasteiger partial charge is 0.343 e. The second-order valence-electron chi connectivity index (χ2n) is 8.92. The molecule has 2 aliphatic heterocycles. The summed E-state index contributed by atoms with van der Waals surface area (Å²) in [6.45, 7) is 6.99. The van der Waals surface area contributed by atoms with Gasteiger partial charge in [-0.15, -0.1) is 0 Å². The van der Waals surface area contributed by atoms with Crippen LogP contribution in [-0.4, -0.2) is 51.8 Å². The van der Waals surface area contributed by atoms with Gasteiger partial charge in [-0.1, -0.05) is 31.5 Å². The number of benzene rings is 1. The summed E-state index contributed by atoms with van der Waals surface area (Å²) in [5.41, 5.74) is 2.03. The summed E-state index contributed by atoms with van der Waals surface area (Å²) in [6.07, 6.45) is 2.14. The Morgan fingerprint density at radius 3 is 2.59 bits per heavy atom. The third-order valence-electron chi connectivity index (χ3n) is 6.68. The van der Waals surface area contributed by atoms with Gasteiger partial charge in [-0.05, 0) is 49.6 Å². The van der Waals surface area contributed by atoms with Crippen LogP contribution in [0.3, 0.4) is 0 Å². The van der Waals surface area contributed by atoms with E-state index < -0.39 is 0 Å². The smallest absolute Gasteiger partial charge is 0.329 e. The van der Waals surface area contributed by atoms with Crippen LogP contribution in [0.4, 0.5) is 22.0 Å². The van der Waals surface area contributed by atoms with Crippen LogP contribution in [-0.2, 0) is 16.1 Å². The van der Waals surface area contributed by atoms with Crippen molar-refractivity contribution in [1.29, 1.82) is 0 Å². The van der Waals surface area contributed by atoms with E-state index in [-0.39, 0.29) is 29.8 Å².